The number of sulfonamides is 1. The number of hydrogen-bond acceptors (Lipinski definition) is 5. The third-order valence-corrected chi connectivity index (χ3v) is 3.28. The minimum atomic E-state index is -3.69. The molecule has 0 unspecified atom stereocenters. The monoisotopic (exact) mass is 244 g/mol. The molecule has 1 aromatic carbocycles. The molecule has 15 heavy (non-hydrogen) atoms. The zero-order chi connectivity index (χ0) is 11.1. The summed E-state index contributed by atoms with van der Waals surface area (Å²) < 4.78 is 27.4. The summed E-state index contributed by atoms with van der Waals surface area (Å²) in [6.07, 6.45) is 1.82. The molecule has 0 saturated heterocycles. The van der Waals surface area contributed by atoms with Crippen LogP contribution in [0.4, 0.5) is 0 Å². The van der Waals surface area contributed by atoms with Crippen molar-refractivity contribution in [2.24, 2.45) is 5.14 Å². The molecule has 0 aliphatic carbocycles. The van der Waals surface area contributed by atoms with E-state index < -0.39 is 10.0 Å². The lowest BCUT2D eigenvalue weighted by Crippen LogP contribution is -2.11. The van der Waals surface area contributed by atoms with Gasteiger partial charge in [-0.25, -0.2) is 18.5 Å². The number of fused-ring (bicyclic) bond motifs is 1. The second-order valence-corrected chi connectivity index (χ2v) is 5.18. The van der Waals surface area contributed by atoms with Crippen molar-refractivity contribution in [3.63, 3.8) is 0 Å². The molecule has 0 spiro atoms. The van der Waals surface area contributed by atoms with E-state index in [1.54, 1.807) is 6.07 Å². The fraction of sp³-hybridized carbons (Fsp3) is 0.125. The van der Waals surface area contributed by atoms with Crippen LogP contribution in [-0.2, 0) is 10.0 Å². The van der Waals surface area contributed by atoms with Gasteiger partial charge in [-0.1, -0.05) is 11.8 Å². The minimum absolute atomic E-state index is 0.0267. The number of aromatic nitrogens is 1. The number of thioether (sulfide) groups is 1. The topological polar surface area (TPSA) is 86.2 Å². The van der Waals surface area contributed by atoms with Crippen LogP contribution in [0.2, 0.25) is 0 Å². The molecule has 1 heterocycles. The van der Waals surface area contributed by atoms with E-state index in [0.29, 0.717) is 16.3 Å². The molecule has 2 rings (SSSR count). The van der Waals surface area contributed by atoms with Crippen molar-refractivity contribution in [2.75, 3.05) is 6.26 Å². The highest BCUT2D eigenvalue weighted by molar-refractivity contribution is 7.98. The van der Waals surface area contributed by atoms with Crippen molar-refractivity contribution in [3.8, 4) is 0 Å². The van der Waals surface area contributed by atoms with E-state index in [-0.39, 0.29) is 4.90 Å². The zero-order valence-corrected chi connectivity index (χ0v) is 9.43. The summed E-state index contributed by atoms with van der Waals surface area (Å²) in [6, 6.07) is 4.35. The van der Waals surface area contributed by atoms with Crippen molar-refractivity contribution in [3.05, 3.63) is 18.2 Å². The van der Waals surface area contributed by atoms with Crippen LogP contribution in [-0.4, -0.2) is 19.7 Å². The Labute approximate surface area is 90.7 Å². The molecule has 0 saturated carbocycles. The summed E-state index contributed by atoms with van der Waals surface area (Å²) in [5, 5.41) is 5.49. The highest BCUT2D eigenvalue weighted by Crippen LogP contribution is 2.23. The van der Waals surface area contributed by atoms with Crippen LogP contribution >= 0.6 is 11.8 Å². The van der Waals surface area contributed by atoms with Crippen LogP contribution in [0.15, 0.2) is 32.7 Å². The third-order valence-electron chi connectivity index (χ3n) is 1.84. The minimum Gasteiger partial charge on any atom is -0.431 e. The molecule has 0 atom stereocenters. The molecule has 2 N–H and O–H groups in total. The Balaban J connectivity index is 2.66. The molecule has 2 aromatic rings. The number of hydrogen-bond donors (Lipinski definition) is 1. The number of nitrogens with zero attached hydrogens (tertiary/aromatic N) is 1. The summed E-state index contributed by atoms with van der Waals surface area (Å²) in [5.74, 6) is 0. The van der Waals surface area contributed by atoms with Crippen LogP contribution in [0.3, 0.4) is 0 Å². The van der Waals surface area contributed by atoms with Gasteiger partial charge in [0.05, 0.1) is 4.90 Å². The third kappa shape index (κ3) is 1.99. The number of nitrogens with two attached hydrogens (primary N) is 1. The van der Waals surface area contributed by atoms with E-state index in [9.17, 15) is 8.42 Å². The normalized spacial score (nSPS) is 12.1. The predicted octanol–water partition coefficient (Wildman–Crippen LogP) is 1.20. The fourth-order valence-electron chi connectivity index (χ4n) is 1.15. The summed E-state index contributed by atoms with van der Waals surface area (Å²) in [6.45, 7) is 0. The average molecular weight is 244 g/mol. The molecule has 0 aliphatic rings. The average Bonchev–Trinajstić information content (AvgIpc) is 2.57. The largest absolute Gasteiger partial charge is 0.431 e. The maximum absolute atomic E-state index is 11.1. The number of oxazole rings is 1. The van der Waals surface area contributed by atoms with Gasteiger partial charge in [0.1, 0.15) is 5.52 Å². The Kier molecular flexibility index (Phi) is 2.45. The van der Waals surface area contributed by atoms with E-state index in [1.165, 1.54) is 23.9 Å². The van der Waals surface area contributed by atoms with E-state index in [0.717, 1.165) is 0 Å². The van der Waals surface area contributed by atoms with Crippen LogP contribution < -0.4 is 5.14 Å². The van der Waals surface area contributed by atoms with Crippen molar-refractivity contribution in [2.45, 2.75) is 10.1 Å². The number of primary sulfonamides is 1. The van der Waals surface area contributed by atoms with Gasteiger partial charge in [0, 0.05) is 6.07 Å². The first-order chi connectivity index (χ1) is 7.00. The highest BCUT2D eigenvalue weighted by Gasteiger charge is 2.11. The second kappa shape index (κ2) is 3.51. The van der Waals surface area contributed by atoms with Gasteiger partial charge in [-0.05, 0) is 18.4 Å². The molecule has 0 radical (unpaired) electrons. The molecule has 80 valence electrons. The zero-order valence-electron chi connectivity index (χ0n) is 7.80. The first-order valence-electron chi connectivity index (χ1n) is 3.98. The molecule has 0 amide bonds. The van der Waals surface area contributed by atoms with E-state index in [4.69, 9.17) is 9.56 Å². The maximum atomic E-state index is 11.1. The van der Waals surface area contributed by atoms with Gasteiger partial charge in [-0.3, -0.25) is 0 Å². The smallest absolute Gasteiger partial charge is 0.256 e. The Morgan fingerprint density at radius 3 is 2.80 bits per heavy atom. The van der Waals surface area contributed by atoms with Crippen LogP contribution in [0.25, 0.3) is 11.1 Å². The SMILES string of the molecule is CSc1nc2ccc(S(N)(=O)=O)cc2o1. The Morgan fingerprint density at radius 1 is 1.47 bits per heavy atom. The van der Waals surface area contributed by atoms with Crippen molar-refractivity contribution in [1.82, 2.24) is 4.98 Å². The van der Waals surface area contributed by atoms with E-state index in [1.807, 2.05) is 6.26 Å². The van der Waals surface area contributed by atoms with Crippen LogP contribution in [0, 0.1) is 0 Å². The van der Waals surface area contributed by atoms with Gasteiger partial charge >= 0.3 is 0 Å². The van der Waals surface area contributed by atoms with Crippen LogP contribution in [0.5, 0.6) is 0 Å². The highest BCUT2D eigenvalue weighted by atomic mass is 32.2. The van der Waals surface area contributed by atoms with Crippen molar-refractivity contribution < 1.29 is 12.8 Å². The molecule has 0 bridgehead atoms. The quantitative estimate of drug-likeness (QED) is 0.802. The molecule has 5 nitrogen and oxygen atoms in total. The lowest BCUT2D eigenvalue weighted by atomic mass is 10.3. The maximum Gasteiger partial charge on any atom is 0.256 e. The van der Waals surface area contributed by atoms with Crippen molar-refractivity contribution >= 4 is 32.9 Å². The first kappa shape index (κ1) is 10.5. The van der Waals surface area contributed by atoms with Gasteiger partial charge in [0.25, 0.3) is 5.22 Å². The van der Waals surface area contributed by atoms with E-state index >= 15 is 0 Å². The van der Waals surface area contributed by atoms with Gasteiger partial charge in [-0.15, -0.1) is 0 Å². The van der Waals surface area contributed by atoms with Gasteiger partial charge in [0.2, 0.25) is 10.0 Å². The van der Waals surface area contributed by atoms with Crippen LogP contribution in [0.1, 0.15) is 0 Å². The molecule has 0 aliphatic heterocycles. The molecular weight excluding hydrogens is 236 g/mol. The van der Waals surface area contributed by atoms with Gasteiger partial charge in [-0.2, -0.15) is 0 Å². The Hall–Kier alpha value is -1.05. The number of rotatable bonds is 2. The molecule has 7 heteroatoms. The summed E-state index contributed by atoms with van der Waals surface area (Å²) >= 11 is 1.35. The Morgan fingerprint density at radius 2 is 2.20 bits per heavy atom. The summed E-state index contributed by atoms with van der Waals surface area (Å²) in [4.78, 5) is 4.14. The summed E-state index contributed by atoms with van der Waals surface area (Å²) in [5.41, 5.74) is 1.04. The second-order valence-electron chi connectivity index (χ2n) is 2.86. The standard InChI is InChI=1S/C8H8N2O3S2/c1-14-8-10-6-3-2-5(15(9,11)12)4-7(6)13-8/h2-4H,1H3,(H2,9,11,12). The van der Waals surface area contributed by atoms with Gasteiger partial charge < -0.3 is 4.42 Å². The Bertz CT molecular complexity index is 603. The molecule has 1 aromatic heterocycles. The fourth-order valence-corrected chi connectivity index (χ4v) is 2.04. The summed E-state index contributed by atoms with van der Waals surface area (Å²) in [7, 11) is -3.69. The predicted molar refractivity (Wildman–Crippen MR) is 57.2 cm³/mol. The van der Waals surface area contributed by atoms with Crippen molar-refractivity contribution in [1.29, 1.82) is 0 Å². The first-order valence-corrected chi connectivity index (χ1v) is 6.75. The van der Waals surface area contributed by atoms with E-state index in [2.05, 4.69) is 4.98 Å². The van der Waals surface area contributed by atoms with Gasteiger partial charge in [0.15, 0.2) is 5.58 Å². The number of benzene rings is 1. The molecular formula is C8H8N2O3S2. The lowest BCUT2D eigenvalue weighted by Gasteiger charge is -1.95. The lowest BCUT2D eigenvalue weighted by molar-refractivity contribution is 0.489. The molecule has 0 fully saturated rings.